The van der Waals surface area contributed by atoms with Crippen LogP contribution in [0.3, 0.4) is 0 Å². The molecule has 1 amide bonds. The predicted octanol–water partition coefficient (Wildman–Crippen LogP) is 3.39. The number of rotatable bonds is 7. The summed E-state index contributed by atoms with van der Waals surface area (Å²) in [6, 6.07) is 13.7. The summed E-state index contributed by atoms with van der Waals surface area (Å²) in [6.07, 6.45) is 5.53. The number of likely N-dealkylation sites (tertiary alicyclic amines) is 1. The number of nitrogens with zero attached hydrogens (tertiary/aromatic N) is 3. The molecule has 2 aromatic heterocycles. The molecule has 3 heterocycles. The summed E-state index contributed by atoms with van der Waals surface area (Å²) >= 11 is 0. The molecule has 1 aromatic carbocycles. The van der Waals surface area contributed by atoms with E-state index >= 15 is 0 Å². The van der Waals surface area contributed by atoms with E-state index in [2.05, 4.69) is 32.5 Å². The molecule has 0 bridgehead atoms. The average Bonchev–Trinajstić information content (AvgIpc) is 3.29. The molecule has 1 fully saturated rings. The van der Waals surface area contributed by atoms with E-state index in [0.29, 0.717) is 6.54 Å². The molecule has 1 saturated heterocycles. The zero-order chi connectivity index (χ0) is 20.8. The third-order valence-corrected chi connectivity index (χ3v) is 5.42. The van der Waals surface area contributed by atoms with Crippen LogP contribution in [0.25, 0.3) is 0 Å². The Balaban J connectivity index is 1.34. The van der Waals surface area contributed by atoms with Gasteiger partial charge in [-0.1, -0.05) is 17.3 Å². The Morgan fingerprint density at radius 2 is 2.10 bits per heavy atom. The molecule has 156 valence electrons. The maximum absolute atomic E-state index is 12.4. The molecular formula is C23H26N4O3. The van der Waals surface area contributed by atoms with Gasteiger partial charge in [0, 0.05) is 44.0 Å². The molecule has 1 atom stereocenters. The summed E-state index contributed by atoms with van der Waals surface area (Å²) in [7, 11) is 1.69. The zero-order valence-corrected chi connectivity index (χ0v) is 17.1. The van der Waals surface area contributed by atoms with Crippen LogP contribution in [0, 0.1) is 0 Å². The van der Waals surface area contributed by atoms with E-state index in [9.17, 15) is 4.79 Å². The molecule has 7 heteroatoms. The SMILES string of the molecule is COc1cccc(CN2CCCC(c3cc(C(=O)NCc4ccncc4)on3)C2)c1. The lowest BCUT2D eigenvalue weighted by Crippen LogP contribution is -2.34. The quantitative estimate of drug-likeness (QED) is 0.648. The molecule has 4 rings (SSSR count). The summed E-state index contributed by atoms with van der Waals surface area (Å²) < 4.78 is 10.7. The highest BCUT2D eigenvalue weighted by molar-refractivity contribution is 5.91. The van der Waals surface area contributed by atoms with E-state index in [1.54, 1.807) is 25.6 Å². The minimum atomic E-state index is -0.255. The van der Waals surface area contributed by atoms with Crippen molar-refractivity contribution >= 4 is 5.91 Å². The Bertz CT molecular complexity index is 973. The van der Waals surface area contributed by atoms with Gasteiger partial charge in [0.2, 0.25) is 5.76 Å². The van der Waals surface area contributed by atoms with Crippen LogP contribution in [-0.4, -0.2) is 41.1 Å². The summed E-state index contributed by atoms with van der Waals surface area (Å²) in [5.41, 5.74) is 3.06. The second-order valence-electron chi connectivity index (χ2n) is 7.58. The molecule has 3 aromatic rings. The van der Waals surface area contributed by atoms with Crippen LogP contribution in [0.5, 0.6) is 5.75 Å². The monoisotopic (exact) mass is 406 g/mol. The van der Waals surface area contributed by atoms with Gasteiger partial charge >= 0.3 is 0 Å². The molecule has 1 unspecified atom stereocenters. The fourth-order valence-electron chi connectivity index (χ4n) is 3.83. The van der Waals surface area contributed by atoms with Gasteiger partial charge in [0.05, 0.1) is 12.8 Å². The first-order chi connectivity index (χ1) is 14.7. The second kappa shape index (κ2) is 9.54. The van der Waals surface area contributed by atoms with Crippen molar-refractivity contribution in [2.75, 3.05) is 20.2 Å². The van der Waals surface area contributed by atoms with Gasteiger partial charge in [-0.2, -0.15) is 0 Å². The lowest BCUT2D eigenvalue weighted by atomic mass is 9.94. The lowest BCUT2D eigenvalue weighted by molar-refractivity contribution is 0.0913. The first-order valence-corrected chi connectivity index (χ1v) is 10.2. The highest BCUT2D eigenvalue weighted by Gasteiger charge is 2.25. The van der Waals surface area contributed by atoms with Gasteiger partial charge in [-0.05, 0) is 54.8 Å². The van der Waals surface area contributed by atoms with Gasteiger partial charge in [0.25, 0.3) is 5.91 Å². The Morgan fingerprint density at radius 3 is 2.93 bits per heavy atom. The van der Waals surface area contributed by atoms with Gasteiger partial charge in [-0.3, -0.25) is 14.7 Å². The Kier molecular flexibility index (Phi) is 6.39. The maximum atomic E-state index is 12.4. The summed E-state index contributed by atoms with van der Waals surface area (Å²) in [5, 5.41) is 7.05. The highest BCUT2D eigenvalue weighted by Crippen LogP contribution is 2.28. The van der Waals surface area contributed by atoms with Gasteiger partial charge in [0.1, 0.15) is 5.75 Å². The molecule has 1 aliphatic heterocycles. The van der Waals surface area contributed by atoms with E-state index in [4.69, 9.17) is 9.26 Å². The lowest BCUT2D eigenvalue weighted by Gasteiger charge is -2.31. The van der Waals surface area contributed by atoms with Crippen molar-refractivity contribution in [3.8, 4) is 5.75 Å². The molecule has 30 heavy (non-hydrogen) atoms. The Morgan fingerprint density at radius 1 is 1.23 bits per heavy atom. The number of hydrogen-bond donors (Lipinski definition) is 1. The van der Waals surface area contributed by atoms with Crippen molar-refractivity contribution in [2.24, 2.45) is 0 Å². The zero-order valence-electron chi connectivity index (χ0n) is 17.1. The Labute approximate surface area is 176 Å². The molecule has 0 radical (unpaired) electrons. The number of ether oxygens (including phenoxy) is 1. The van der Waals surface area contributed by atoms with Crippen LogP contribution in [0.4, 0.5) is 0 Å². The summed E-state index contributed by atoms with van der Waals surface area (Å²) in [5.74, 6) is 1.13. The smallest absolute Gasteiger partial charge is 0.290 e. The number of carbonyl (C=O) groups is 1. The fourth-order valence-corrected chi connectivity index (χ4v) is 3.83. The minimum Gasteiger partial charge on any atom is -0.497 e. The molecular weight excluding hydrogens is 380 g/mol. The standard InChI is InChI=1S/C23H26N4O3/c1-29-20-6-2-4-18(12-20)15-27-11-3-5-19(16-27)21-13-22(30-26-21)23(28)25-14-17-7-9-24-10-8-17/h2,4,6-10,12-13,19H,3,5,11,14-16H2,1H3,(H,25,28). The average molecular weight is 406 g/mol. The molecule has 0 aliphatic carbocycles. The van der Waals surface area contributed by atoms with Crippen molar-refractivity contribution in [3.63, 3.8) is 0 Å². The number of nitrogens with one attached hydrogen (secondary N) is 1. The number of pyridine rings is 1. The maximum Gasteiger partial charge on any atom is 0.290 e. The van der Waals surface area contributed by atoms with Crippen molar-refractivity contribution in [1.29, 1.82) is 0 Å². The number of piperidine rings is 1. The summed E-state index contributed by atoms with van der Waals surface area (Å²) in [4.78, 5) is 18.8. The number of methoxy groups -OCH3 is 1. The Hall–Kier alpha value is -3.19. The van der Waals surface area contributed by atoms with Crippen molar-refractivity contribution in [1.82, 2.24) is 20.4 Å². The fraction of sp³-hybridized carbons (Fsp3) is 0.348. The largest absolute Gasteiger partial charge is 0.497 e. The number of amides is 1. The van der Waals surface area contributed by atoms with Gasteiger partial charge in [-0.15, -0.1) is 0 Å². The first-order valence-electron chi connectivity index (χ1n) is 10.2. The van der Waals surface area contributed by atoms with Crippen LogP contribution in [-0.2, 0) is 13.1 Å². The van der Waals surface area contributed by atoms with Crippen LogP contribution < -0.4 is 10.1 Å². The molecule has 1 aliphatic rings. The number of hydrogen-bond acceptors (Lipinski definition) is 6. The highest BCUT2D eigenvalue weighted by atomic mass is 16.5. The number of carbonyl (C=O) groups excluding carboxylic acids is 1. The van der Waals surface area contributed by atoms with Crippen LogP contribution >= 0.6 is 0 Å². The van der Waals surface area contributed by atoms with E-state index in [1.165, 1.54) is 5.56 Å². The molecule has 0 spiro atoms. The van der Waals surface area contributed by atoms with E-state index in [0.717, 1.165) is 49.5 Å². The normalized spacial score (nSPS) is 16.9. The minimum absolute atomic E-state index is 0.254. The molecule has 0 saturated carbocycles. The number of benzene rings is 1. The topological polar surface area (TPSA) is 80.5 Å². The van der Waals surface area contributed by atoms with Crippen molar-refractivity contribution in [2.45, 2.75) is 31.8 Å². The van der Waals surface area contributed by atoms with Crippen LogP contribution in [0.1, 0.15) is 46.1 Å². The van der Waals surface area contributed by atoms with Crippen molar-refractivity contribution in [3.05, 3.63) is 77.4 Å². The first kappa shape index (κ1) is 20.1. The van der Waals surface area contributed by atoms with E-state index in [1.807, 2.05) is 24.3 Å². The van der Waals surface area contributed by atoms with Gasteiger partial charge in [0.15, 0.2) is 0 Å². The molecule has 7 nitrogen and oxygen atoms in total. The second-order valence-corrected chi connectivity index (χ2v) is 7.58. The number of aromatic nitrogens is 2. The third-order valence-electron chi connectivity index (χ3n) is 5.42. The third kappa shape index (κ3) is 5.04. The van der Waals surface area contributed by atoms with Crippen LogP contribution in [0.15, 0.2) is 59.4 Å². The van der Waals surface area contributed by atoms with E-state index in [-0.39, 0.29) is 17.6 Å². The van der Waals surface area contributed by atoms with Gasteiger partial charge in [-0.25, -0.2) is 0 Å². The van der Waals surface area contributed by atoms with Crippen LogP contribution in [0.2, 0.25) is 0 Å². The summed E-state index contributed by atoms with van der Waals surface area (Å²) in [6.45, 7) is 3.23. The predicted molar refractivity (Wildman–Crippen MR) is 112 cm³/mol. The molecule has 1 N–H and O–H groups in total. The van der Waals surface area contributed by atoms with Crippen molar-refractivity contribution < 1.29 is 14.1 Å². The van der Waals surface area contributed by atoms with E-state index < -0.39 is 0 Å². The van der Waals surface area contributed by atoms with Gasteiger partial charge < -0.3 is 14.6 Å².